The van der Waals surface area contributed by atoms with Crippen LogP contribution < -0.4 is 10.5 Å². The highest BCUT2D eigenvalue weighted by Gasteiger charge is 2.38. The van der Waals surface area contributed by atoms with E-state index in [-0.39, 0.29) is 5.41 Å². The van der Waals surface area contributed by atoms with Gasteiger partial charge in [0, 0.05) is 12.2 Å². The van der Waals surface area contributed by atoms with Crippen LogP contribution in [-0.2, 0) is 10.0 Å². The van der Waals surface area contributed by atoms with Gasteiger partial charge in [-0.3, -0.25) is 0 Å². The van der Waals surface area contributed by atoms with Crippen LogP contribution in [0.3, 0.4) is 0 Å². The average Bonchev–Trinajstić information content (AvgIpc) is 3.01. The van der Waals surface area contributed by atoms with E-state index < -0.39 is 10.0 Å². The standard InChI is InChI=1S/C13H20N2O2S/c1-9-4-5-11(14)10(2)12(9)18(16,17)15-8-13(3)6-7-13/h4-5,15H,6-8,14H2,1-3H3. The summed E-state index contributed by atoms with van der Waals surface area (Å²) in [6.45, 7) is 6.13. The van der Waals surface area contributed by atoms with Gasteiger partial charge < -0.3 is 5.73 Å². The molecule has 0 aliphatic heterocycles. The summed E-state index contributed by atoms with van der Waals surface area (Å²) in [6, 6.07) is 3.49. The van der Waals surface area contributed by atoms with Gasteiger partial charge in [0.15, 0.2) is 0 Å². The molecule has 0 spiro atoms. The predicted molar refractivity (Wildman–Crippen MR) is 72.9 cm³/mol. The van der Waals surface area contributed by atoms with Gasteiger partial charge in [-0.2, -0.15) is 0 Å². The summed E-state index contributed by atoms with van der Waals surface area (Å²) in [6.07, 6.45) is 2.18. The molecule has 18 heavy (non-hydrogen) atoms. The average molecular weight is 268 g/mol. The normalized spacial score (nSPS) is 17.7. The van der Waals surface area contributed by atoms with E-state index in [9.17, 15) is 8.42 Å². The summed E-state index contributed by atoms with van der Waals surface area (Å²) in [5, 5.41) is 0. The molecule has 0 aromatic heterocycles. The Morgan fingerprint density at radius 2 is 1.94 bits per heavy atom. The minimum atomic E-state index is -3.47. The number of nitrogens with one attached hydrogen (secondary N) is 1. The molecule has 1 aliphatic carbocycles. The fourth-order valence-corrected chi connectivity index (χ4v) is 3.68. The van der Waals surface area contributed by atoms with Gasteiger partial charge in [-0.05, 0) is 49.3 Å². The van der Waals surface area contributed by atoms with E-state index >= 15 is 0 Å². The van der Waals surface area contributed by atoms with E-state index in [2.05, 4.69) is 11.6 Å². The second-order valence-corrected chi connectivity index (χ2v) is 7.26. The van der Waals surface area contributed by atoms with Crippen LogP contribution in [0.5, 0.6) is 0 Å². The molecule has 0 unspecified atom stereocenters. The van der Waals surface area contributed by atoms with E-state index in [0.29, 0.717) is 22.7 Å². The fraction of sp³-hybridized carbons (Fsp3) is 0.538. The molecule has 5 heteroatoms. The lowest BCUT2D eigenvalue weighted by molar-refractivity contribution is 0.530. The highest BCUT2D eigenvalue weighted by Crippen LogP contribution is 2.44. The third-order valence-corrected chi connectivity index (χ3v) is 5.40. The minimum absolute atomic E-state index is 0.148. The van der Waals surface area contributed by atoms with Crippen molar-refractivity contribution in [1.29, 1.82) is 0 Å². The Balaban J connectivity index is 2.32. The fourth-order valence-electron chi connectivity index (χ4n) is 1.99. The Kier molecular flexibility index (Phi) is 3.15. The van der Waals surface area contributed by atoms with Crippen LogP contribution in [-0.4, -0.2) is 15.0 Å². The first-order valence-electron chi connectivity index (χ1n) is 6.11. The molecule has 1 saturated carbocycles. The SMILES string of the molecule is Cc1ccc(N)c(C)c1S(=O)(=O)NCC1(C)CC1. The zero-order valence-electron chi connectivity index (χ0n) is 11.1. The van der Waals surface area contributed by atoms with Gasteiger partial charge in [-0.15, -0.1) is 0 Å². The molecule has 0 heterocycles. The lowest BCUT2D eigenvalue weighted by Crippen LogP contribution is -2.30. The molecule has 100 valence electrons. The summed E-state index contributed by atoms with van der Waals surface area (Å²) < 4.78 is 27.4. The number of nitrogens with two attached hydrogens (primary N) is 1. The van der Waals surface area contributed by atoms with Crippen molar-refractivity contribution in [2.45, 2.75) is 38.5 Å². The number of benzene rings is 1. The third kappa shape index (κ3) is 2.52. The van der Waals surface area contributed by atoms with Crippen LogP contribution in [0.2, 0.25) is 0 Å². The molecule has 0 radical (unpaired) electrons. The molecule has 0 saturated heterocycles. The Morgan fingerprint density at radius 3 is 2.50 bits per heavy atom. The zero-order chi connectivity index (χ0) is 13.6. The molecule has 0 amide bonds. The second kappa shape index (κ2) is 4.24. The predicted octanol–water partition coefficient (Wildman–Crippen LogP) is 1.96. The van der Waals surface area contributed by atoms with Crippen LogP contribution in [0.25, 0.3) is 0 Å². The quantitative estimate of drug-likeness (QED) is 0.820. The number of nitrogen functional groups attached to an aromatic ring is 1. The number of hydrogen-bond donors (Lipinski definition) is 2. The van der Waals surface area contributed by atoms with E-state index in [0.717, 1.165) is 18.4 Å². The van der Waals surface area contributed by atoms with Crippen LogP contribution >= 0.6 is 0 Å². The molecule has 2 rings (SSSR count). The lowest BCUT2D eigenvalue weighted by Gasteiger charge is -2.15. The molecule has 1 fully saturated rings. The van der Waals surface area contributed by atoms with Gasteiger partial charge in [0.25, 0.3) is 0 Å². The molecule has 4 nitrogen and oxygen atoms in total. The van der Waals surface area contributed by atoms with Gasteiger partial charge in [0.05, 0.1) is 4.90 Å². The van der Waals surface area contributed by atoms with Crippen molar-refractivity contribution in [3.8, 4) is 0 Å². The van der Waals surface area contributed by atoms with Gasteiger partial charge in [-0.25, -0.2) is 13.1 Å². The van der Waals surface area contributed by atoms with Gasteiger partial charge in [0.1, 0.15) is 0 Å². The van der Waals surface area contributed by atoms with Crippen molar-refractivity contribution in [3.63, 3.8) is 0 Å². The maximum absolute atomic E-state index is 12.3. The van der Waals surface area contributed by atoms with Gasteiger partial charge in [-0.1, -0.05) is 13.0 Å². The Morgan fingerprint density at radius 1 is 1.33 bits per heavy atom. The van der Waals surface area contributed by atoms with Gasteiger partial charge >= 0.3 is 0 Å². The van der Waals surface area contributed by atoms with Crippen molar-refractivity contribution in [2.24, 2.45) is 5.41 Å². The van der Waals surface area contributed by atoms with Crippen molar-refractivity contribution >= 4 is 15.7 Å². The summed E-state index contributed by atoms with van der Waals surface area (Å²) >= 11 is 0. The summed E-state index contributed by atoms with van der Waals surface area (Å²) in [4.78, 5) is 0.326. The highest BCUT2D eigenvalue weighted by atomic mass is 32.2. The molecule has 1 aromatic carbocycles. The van der Waals surface area contributed by atoms with Crippen LogP contribution in [0.1, 0.15) is 30.9 Å². The maximum Gasteiger partial charge on any atom is 0.241 e. The van der Waals surface area contributed by atoms with Crippen molar-refractivity contribution in [2.75, 3.05) is 12.3 Å². The molecule has 0 bridgehead atoms. The molecule has 1 aromatic rings. The molecule has 1 aliphatic rings. The number of rotatable bonds is 4. The molecular formula is C13H20N2O2S. The van der Waals surface area contributed by atoms with Crippen LogP contribution in [0, 0.1) is 19.3 Å². The summed E-state index contributed by atoms with van der Waals surface area (Å²) in [7, 11) is -3.47. The Bertz CT molecular complexity index is 575. The number of anilines is 1. The molecule has 0 atom stereocenters. The van der Waals surface area contributed by atoms with Crippen molar-refractivity contribution in [3.05, 3.63) is 23.3 Å². The molecular weight excluding hydrogens is 248 g/mol. The zero-order valence-corrected chi connectivity index (χ0v) is 11.9. The first-order chi connectivity index (χ1) is 8.25. The van der Waals surface area contributed by atoms with Crippen molar-refractivity contribution < 1.29 is 8.42 Å². The van der Waals surface area contributed by atoms with Crippen LogP contribution in [0.4, 0.5) is 5.69 Å². The highest BCUT2D eigenvalue weighted by molar-refractivity contribution is 7.89. The second-order valence-electron chi connectivity index (χ2n) is 5.56. The number of sulfonamides is 1. The third-order valence-electron chi connectivity index (χ3n) is 3.71. The maximum atomic E-state index is 12.3. The van der Waals surface area contributed by atoms with E-state index in [1.807, 2.05) is 0 Å². The lowest BCUT2D eigenvalue weighted by atomic mass is 10.1. The summed E-state index contributed by atoms with van der Waals surface area (Å²) in [5.41, 5.74) is 7.81. The smallest absolute Gasteiger partial charge is 0.241 e. The van der Waals surface area contributed by atoms with E-state index in [1.165, 1.54) is 0 Å². The van der Waals surface area contributed by atoms with Crippen molar-refractivity contribution in [1.82, 2.24) is 4.72 Å². The van der Waals surface area contributed by atoms with Crippen LogP contribution in [0.15, 0.2) is 17.0 Å². The Labute approximate surface area is 109 Å². The first kappa shape index (κ1) is 13.4. The largest absolute Gasteiger partial charge is 0.398 e. The van der Waals surface area contributed by atoms with E-state index in [4.69, 9.17) is 5.73 Å². The summed E-state index contributed by atoms with van der Waals surface area (Å²) in [5.74, 6) is 0. The van der Waals surface area contributed by atoms with E-state index in [1.54, 1.807) is 26.0 Å². The molecule has 3 N–H and O–H groups in total. The monoisotopic (exact) mass is 268 g/mol. The number of aryl methyl sites for hydroxylation is 1. The Hall–Kier alpha value is -1.07. The minimum Gasteiger partial charge on any atom is -0.398 e. The number of hydrogen-bond acceptors (Lipinski definition) is 3. The topological polar surface area (TPSA) is 72.2 Å². The van der Waals surface area contributed by atoms with Gasteiger partial charge in [0.2, 0.25) is 10.0 Å². The first-order valence-corrected chi connectivity index (χ1v) is 7.59.